The third-order valence-electron chi connectivity index (χ3n) is 2.43. The Bertz CT molecular complexity index is 527. The van der Waals surface area contributed by atoms with Gasteiger partial charge in [-0.3, -0.25) is 14.4 Å². The Kier molecular flexibility index (Phi) is 4.90. The molecule has 8 heteroatoms. The molecule has 108 valence electrons. The van der Waals surface area contributed by atoms with Crippen LogP contribution < -0.4 is 10.5 Å². The second kappa shape index (κ2) is 6.41. The van der Waals surface area contributed by atoms with Gasteiger partial charge in [-0.25, -0.2) is 0 Å². The first-order valence-electron chi connectivity index (χ1n) is 5.51. The maximum absolute atomic E-state index is 12.2. The van der Waals surface area contributed by atoms with E-state index in [1.165, 1.54) is 25.3 Å². The Hall–Kier alpha value is -2.77. The lowest BCUT2D eigenvalue weighted by atomic mass is 10.1. The number of hydrogen-bond acceptors (Lipinski definition) is 5. The van der Waals surface area contributed by atoms with Crippen LogP contribution >= 0.6 is 0 Å². The molecule has 0 aliphatic rings. The second-order valence-corrected chi connectivity index (χ2v) is 3.90. The Balaban J connectivity index is 3.10. The van der Waals surface area contributed by atoms with E-state index in [0.717, 1.165) is 0 Å². The van der Waals surface area contributed by atoms with E-state index in [9.17, 15) is 14.4 Å². The lowest BCUT2D eigenvalue weighted by Crippen LogP contribution is -2.39. The number of nitrogens with two attached hydrogens (primary N) is 1. The van der Waals surface area contributed by atoms with Crippen molar-refractivity contribution in [1.82, 2.24) is 4.90 Å². The minimum atomic E-state index is -1.32. The van der Waals surface area contributed by atoms with E-state index in [2.05, 4.69) is 0 Å². The second-order valence-electron chi connectivity index (χ2n) is 3.90. The molecule has 1 aromatic rings. The van der Waals surface area contributed by atoms with E-state index < -0.39 is 30.9 Å². The van der Waals surface area contributed by atoms with Crippen molar-refractivity contribution in [2.45, 2.75) is 0 Å². The minimum Gasteiger partial charge on any atom is -0.497 e. The fourth-order valence-corrected chi connectivity index (χ4v) is 1.54. The Morgan fingerprint density at radius 3 is 2.20 bits per heavy atom. The third kappa shape index (κ3) is 3.87. The van der Waals surface area contributed by atoms with Gasteiger partial charge < -0.3 is 25.6 Å². The zero-order chi connectivity index (χ0) is 15.3. The van der Waals surface area contributed by atoms with Gasteiger partial charge >= 0.3 is 11.9 Å². The first-order valence-corrected chi connectivity index (χ1v) is 5.51. The number of anilines is 1. The molecular weight excluding hydrogens is 268 g/mol. The highest BCUT2D eigenvalue weighted by Gasteiger charge is 2.23. The number of carboxylic acids is 2. The summed E-state index contributed by atoms with van der Waals surface area (Å²) in [5.41, 5.74) is 5.75. The summed E-state index contributed by atoms with van der Waals surface area (Å²) >= 11 is 0. The third-order valence-corrected chi connectivity index (χ3v) is 2.43. The molecule has 0 heterocycles. The van der Waals surface area contributed by atoms with Crippen LogP contribution in [0.15, 0.2) is 18.2 Å². The zero-order valence-corrected chi connectivity index (χ0v) is 10.7. The van der Waals surface area contributed by atoms with E-state index in [0.29, 0.717) is 10.6 Å². The average molecular weight is 282 g/mol. The summed E-state index contributed by atoms with van der Waals surface area (Å²) in [4.78, 5) is 34.2. The number of carbonyl (C=O) groups excluding carboxylic acids is 1. The van der Waals surface area contributed by atoms with Crippen molar-refractivity contribution >= 4 is 23.5 Å². The van der Waals surface area contributed by atoms with Gasteiger partial charge in [0, 0.05) is 5.69 Å². The molecule has 0 fully saturated rings. The summed E-state index contributed by atoms with van der Waals surface area (Å²) in [6.45, 7) is -1.47. The van der Waals surface area contributed by atoms with Crippen molar-refractivity contribution in [3.05, 3.63) is 23.8 Å². The molecule has 8 nitrogen and oxygen atoms in total. The van der Waals surface area contributed by atoms with Crippen LogP contribution in [-0.4, -0.2) is 53.2 Å². The number of methoxy groups -OCH3 is 1. The van der Waals surface area contributed by atoms with Gasteiger partial charge in [0.15, 0.2) is 0 Å². The van der Waals surface area contributed by atoms with Gasteiger partial charge in [0.25, 0.3) is 5.91 Å². The van der Waals surface area contributed by atoms with Crippen LogP contribution in [-0.2, 0) is 9.59 Å². The summed E-state index contributed by atoms with van der Waals surface area (Å²) in [7, 11) is 1.39. The molecule has 0 aliphatic heterocycles. The Labute approximate surface area is 114 Å². The lowest BCUT2D eigenvalue weighted by Gasteiger charge is -2.19. The number of rotatable bonds is 6. The summed E-state index contributed by atoms with van der Waals surface area (Å²) in [6, 6.07) is 4.28. The number of aliphatic carboxylic acids is 2. The van der Waals surface area contributed by atoms with Gasteiger partial charge in [0.1, 0.15) is 18.8 Å². The number of benzene rings is 1. The predicted molar refractivity (Wildman–Crippen MR) is 68.6 cm³/mol. The normalized spacial score (nSPS) is 9.85. The number of nitrogens with zero attached hydrogens (tertiary/aromatic N) is 1. The van der Waals surface area contributed by atoms with Gasteiger partial charge in [-0.15, -0.1) is 0 Å². The van der Waals surface area contributed by atoms with Crippen molar-refractivity contribution in [1.29, 1.82) is 0 Å². The van der Waals surface area contributed by atoms with Crippen molar-refractivity contribution in [3.63, 3.8) is 0 Å². The van der Waals surface area contributed by atoms with Crippen LogP contribution in [0.2, 0.25) is 0 Å². The van der Waals surface area contributed by atoms with E-state index in [-0.39, 0.29) is 11.3 Å². The molecule has 1 aromatic carbocycles. The van der Waals surface area contributed by atoms with Gasteiger partial charge in [-0.1, -0.05) is 0 Å². The topological polar surface area (TPSA) is 130 Å². The van der Waals surface area contributed by atoms with Gasteiger partial charge in [-0.2, -0.15) is 0 Å². The Morgan fingerprint density at radius 2 is 1.75 bits per heavy atom. The smallest absolute Gasteiger partial charge is 0.323 e. The van der Waals surface area contributed by atoms with Crippen LogP contribution in [0.4, 0.5) is 5.69 Å². The monoisotopic (exact) mass is 282 g/mol. The van der Waals surface area contributed by atoms with Crippen LogP contribution in [0.1, 0.15) is 10.4 Å². The standard InChI is InChI=1S/C12H14N2O6/c1-20-7-2-3-9(13)8(4-7)12(19)14(5-10(15)16)6-11(17)18/h2-4H,5-6,13H2,1H3,(H,15,16)(H,17,18). The number of carboxylic acid groups (broad SMARTS) is 2. The highest BCUT2D eigenvalue weighted by molar-refractivity contribution is 6.01. The maximum atomic E-state index is 12.2. The molecule has 1 rings (SSSR count). The van der Waals surface area contributed by atoms with E-state index >= 15 is 0 Å². The SMILES string of the molecule is COc1ccc(N)c(C(=O)N(CC(=O)O)CC(=O)O)c1. The van der Waals surface area contributed by atoms with Gasteiger partial charge in [0.05, 0.1) is 12.7 Å². The number of carbonyl (C=O) groups is 3. The van der Waals surface area contributed by atoms with Crippen molar-refractivity contribution in [2.75, 3.05) is 25.9 Å². The van der Waals surface area contributed by atoms with E-state index in [4.69, 9.17) is 20.7 Å². The first kappa shape index (κ1) is 15.3. The van der Waals surface area contributed by atoms with Crippen LogP contribution in [0.25, 0.3) is 0 Å². The van der Waals surface area contributed by atoms with Crippen molar-refractivity contribution in [3.8, 4) is 5.75 Å². The molecule has 0 spiro atoms. The molecule has 4 N–H and O–H groups in total. The van der Waals surface area contributed by atoms with Gasteiger partial charge in [-0.05, 0) is 18.2 Å². The fraction of sp³-hybridized carbons (Fsp3) is 0.250. The molecule has 20 heavy (non-hydrogen) atoms. The number of ether oxygens (including phenoxy) is 1. The molecule has 0 saturated heterocycles. The molecule has 0 bridgehead atoms. The van der Waals surface area contributed by atoms with Crippen LogP contribution in [0.5, 0.6) is 5.75 Å². The highest BCUT2D eigenvalue weighted by Crippen LogP contribution is 2.21. The lowest BCUT2D eigenvalue weighted by molar-refractivity contribution is -0.140. The molecule has 0 radical (unpaired) electrons. The highest BCUT2D eigenvalue weighted by atomic mass is 16.5. The summed E-state index contributed by atoms with van der Waals surface area (Å²) in [5, 5.41) is 17.4. The summed E-state index contributed by atoms with van der Waals surface area (Å²) in [6.07, 6.45) is 0. The van der Waals surface area contributed by atoms with Crippen molar-refractivity contribution in [2.24, 2.45) is 0 Å². The molecule has 0 aliphatic carbocycles. The average Bonchev–Trinajstić information content (AvgIpc) is 2.36. The first-order chi connectivity index (χ1) is 9.35. The molecule has 0 aromatic heterocycles. The predicted octanol–water partition coefficient (Wildman–Crippen LogP) is -0.111. The van der Waals surface area contributed by atoms with E-state index in [1.807, 2.05) is 0 Å². The Morgan fingerprint density at radius 1 is 1.20 bits per heavy atom. The van der Waals surface area contributed by atoms with Crippen LogP contribution in [0, 0.1) is 0 Å². The molecule has 0 atom stereocenters. The fourth-order valence-electron chi connectivity index (χ4n) is 1.54. The minimum absolute atomic E-state index is 0.00755. The van der Waals surface area contributed by atoms with Crippen molar-refractivity contribution < 1.29 is 29.3 Å². The van der Waals surface area contributed by atoms with Gasteiger partial charge in [0.2, 0.25) is 0 Å². The number of hydrogen-bond donors (Lipinski definition) is 3. The van der Waals surface area contributed by atoms with Crippen LogP contribution in [0.3, 0.4) is 0 Å². The number of amides is 1. The van der Waals surface area contributed by atoms with E-state index in [1.54, 1.807) is 0 Å². The molecular formula is C12H14N2O6. The molecule has 0 unspecified atom stereocenters. The quantitative estimate of drug-likeness (QED) is 0.620. The summed E-state index contributed by atoms with van der Waals surface area (Å²) in [5.74, 6) is -3.07. The number of nitrogen functional groups attached to an aromatic ring is 1. The maximum Gasteiger partial charge on any atom is 0.323 e. The zero-order valence-electron chi connectivity index (χ0n) is 10.7. The largest absolute Gasteiger partial charge is 0.497 e. The molecule has 0 saturated carbocycles. The molecule has 1 amide bonds. The summed E-state index contributed by atoms with van der Waals surface area (Å²) < 4.78 is 4.94.